The average Bonchev–Trinajstić information content (AvgIpc) is 2.57. The van der Waals surface area contributed by atoms with Crippen LogP contribution in [0.5, 0.6) is 0 Å². The fourth-order valence-corrected chi connectivity index (χ4v) is 1.95. The van der Waals surface area contributed by atoms with E-state index in [1.54, 1.807) is 0 Å². The van der Waals surface area contributed by atoms with Gasteiger partial charge in [-0.3, -0.25) is 0 Å². The molecule has 1 aromatic rings. The average molecular weight is 207 g/mol. The molecule has 1 aliphatic rings. The molecule has 1 aromatic heterocycles. The molecule has 1 atom stereocenters. The Hall–Kier alpha value is -1.19. The van der Waals surface area contributed by atoms with Crippen LogP contribution in [0.15, 0.2) is 0 Å². The Morgan fingerprint density at radius 1 is 1.60 bits per heavy atom. The van der Waals surface area contributed by atoms with Crippen LogP contribution in [0.2, 0.25) is 0 Å². The molecule has 0 aromatic carbocycles. The van der Waals surface area contributed by atoms with E-state index in [1.165, 1.54) is 0 Å². The lowest BCUT2D eigenvalue weighted by Crippen LogP contribution is -2.21. The van der Waals surface area contributed by atoms with Gasteiger partial charge in [0.2, 0.25) is 0 Å². The molecule has 0 bridgehead atoms. The maximum absolute atomic E-state index is 10.7. The van der Waals surface area contributed by atoms with Crippen LogP contribution < -0.4 is 0 Å². The lowest BCUT2D eigenvalue weighted by Gasteiger charge is -2.16. The summed E-state index contributed by atoms with van der Waals surface area (Å²) in [6.07, 6.45) is 3.63. The number of rotatable bonds is 3. The molecule has 0 saturated heterocycles. The molecule has 0 radical (unpaired) electrons. The van der Waals surface area contributed by atoms with Gasteiger partial charge in [0, 0.05) is 25.3 Å². The van der Waals surface area contributed by atoms with Crippen molar-refractivity contribution in [2.45, 2.75) is 39.7 Å². The van der Waals surface area contributed by atoms with Crippen molar-refractivity contribution in [1.29, 1.82) is 0 Å². The summed E-state index contributed by atoms with van der Waals surface area (Å²) >= 11 is 0. The number of fused-ring (bicyclic) bond motifs is 1. The van der Waals surface area contributed by atoms with Gasteiger partial charge >= 0.3 is 0 Å². The number of hydrogen-bond acceptors (Lipinski definition) is 3. The summed E-state index contributed by atoms with van der Waals surface area (Å²) in [5, 5.41) is 4.45. The third-order valence-electron chi connectivity index (χ3n) is 2.73. The smallest absolute Gasteiger partial charge is 0.151 e. The molecule has 4 nitrogen and oxygen atoms in total. The first-order chi connectivity index (χ1) is 7.19. The maximum atomic E-state index is 10.7. The molecule has 0 amide bonds. The highest BCUT2D eigenvalue weighted by molar-refractivity contribution is 5.54. The van der Waals surface area contributed by atoms with Crippen LogP contribution in [0.4, 0.5) is 0 Å². The van der Waals surface area contributed by atoms with Crippen molar-refractivity contribution in [2.24, 2.45) is 11.8 Å². The number of aromatic nitrogens is 3. The summed E-state index contributed by atoms with van der Waals surface area (Å²) in [6.45, 7) is 5.16. The van der Waals surface area contributed by atoms with E-state index in [2.05, 4.69) is 23.9 Å². The van der Waals surface area contributed by atoms with E-state index in [9.17, 15) is 4.79 Å². The number of aldehydes is 1. The highest BCUT2D eigenvalue weighted by atomic mass is 16.1. The van der Waals surface area contributed by atoms with Crippen LogP contribution in [-0.2, 0) is 24.2 Å². The van der Waals surface area contributed by atoms with E-state index < -0.39 is 0 Å². The fourth-order valence-electron chi connectivity index (χ4n) is 1.95. The second kappa shape index (κ2) is 4.13. The quantitative estimate of drug-likeness (QED) is 0.700. The van der Waals surface area contributed by atoms with Crippen molar-refractivity contribution in [3.63, 3.8) is 0 Å². The van der Waals surface area contributed by atoms with Crippen molar-refractivity contribution in [2.75, 3.05) is 0 Å². The second-order valence-corrected chi connectivity index (χ2v) is 4.65. The Kier molecular flexibility index (Phi) is 2.84. The van der Waals surface area contributed by atoms with E-state index in [0.29, 0.717) is 5.92 Å². The van der Waals surface area contributed by atoms with Gasteiger partial charge in [-0.1, -0.05) is 13.8 Å². The monoisotopic (exact) mass is 207 g/mol. The lowest BCUT2D eigenvalue weighted by molar-refractivity contribution is -0.111. The van der Waals surface area contributed by atoms with Gasteiger partial charge in [-0.05, 0) is 12.3 Å². The van der Waals surface area contributed by atoms with E-state index >= 15 is 0 Å². The number of carbonyl (C=O) groups is 1. The molecule has 0 saturated carbocycles. The normalized spacial score (nSPS) is 20.3. The van der Waals surface area contributed by atoms with Gasteiger partial charge in [-0.15, -0.1) is 0 Å². The van der Waals surface area contributed by atoms with Gasteiger partial charge in [0.15, 0.2) is 5.82 Å². The van der Waals surface area contributed by atoms with Crippen molar-refractivity contribution >= 4 is 6.29 Å². The van der Waals surface area contributed by atoms with E-state index in [-0.39, 0.29) is 5.92 Å². The Morgan fingerprint density at radius 2 is 2.40 bits per heavy atom. The number of nitrogens with zero attached hydrogens (tertiary/aromatic N) is 3. The van der Waals surface area contributed by atoms with Crippen LogP contribution >= 0.6 is 0 Å². The first-order valence-electron chi connectivity index (χ1n) is 5.57. The molecule has 15 heavy (non-hydrogen) atoms. The molecular weight excluding hydrogens is 190 g/mol. The van der Waals surface area contributed by atoms with Crippen molar-refractivity contribution < 1.29 is 4.79 Å². The van der Waals surface area contributed by atoms with Gasteiger partial charge < -0.3 is 4.79 Å². The second-order valence-electron chi connectivity index (χ2n) is 4.65. The Balaban J connectivity index is 2.14. The summed E-state index contributed by atoms with van der Waals surface area (Å²) in [7, 11) is 0. The lowest BCUT2D eigenvalue weighted by atomic mass is 10.0. The van der Waals surface area contributed by atoms with E-state index in [0.717, 1.165) is 43.7 Å². The molecule has 1 unspecified atom stereocenters. The van der Waals surface area contributed by atoms with Gasteiger partial charge in [0.1, 0.15) is 12.1 Å². The Morgan fingerprint density at radius 3 is 3.07 bits per heavy atom. The summed E-state index contributed by atoms with van der Waals surface area (Å²) < 4.78 is 1.96. The summed E-state index contributed by atoms with van der Waals surface area (Å²) in [6, 6.07) is 0. The third kappa shape index (κ3) is 2.25. The first-order valence-corrected chi connectivity index (χ1v) is 5.57. The number of hydrogen-bond donors (Lipinski definition) is 0. The summed E-state index contributed by atoms with van der Waals surface area (Å²) in [5.74, 6) is 2.63. The molecule has 2 rings (SSSR count). The molecular formula is C11H17N3O. The topological polar surface area (TPSA) is 47.8 Å². The first kappa shape index (κ1) is 10.3. The molecule has 0 aliphatic carbocycles. The number of carbonyl (C=O) groups excluding carboxylic acids is 1. The largest absolute Gasteiger partial charge is 0.303 e. The van der Waals surface area contributed by atoms with Gasteiger partial charge in [-0.2, -0.15) is 5.10 Å². The van der Waals surface area contributed by atoms with Crippen molar-refractivity contribution in [3.05, 3.63) is 11.6 Å². The zero-order valence-electron chi connectivity index (χ0n) is 9.31. The minimum Gasteiger partial charge on any atom is -0.303 e. The van der Waals surface area contributed by atoms with Crippen molar-refractivity contribution in [3.8, 4) is 0 Å². The van der Waals surface area contributed by atoms with E-state index in [4.69, 9.17) is 0 Å². The molecule has 0 spiro atoms. The zero-order valence-corrected chi connectivity index (χ0v) is 9.31. The van der Waals surface area contributed by atoms with Crippen molar-refractivity contribution in [1.82, 2.24) is 14.8 Å². The number of aryl methyl sites for hydroxylation is 1. The molecule has 0 fully saturated rings. The minimum absolute atomic E-state index is 0.147. The highest BCUT2D eigenvalue weighted by Gasteiger charge is 2.21. The molecule has 0 N–H and O–H groups in total. The summed E-state index contributed by atoms with van der Waals surface area (Å²) in [5.41, 5.74) is 0. The molecule has 2 heterocycles. The Bertz CT molecular complexity index is 357. The zero-order chi connectivity index (χ0) is 10.8. The molecule has 4 heteroatoms. The van der Waals surface area contributed by atoms with Crippen LogP contribution in [0, 0.1) is 11.8 Å². The molecule has 82 valence electrons. The minimum atomic E-state index is 0.147. The molecule has 1 aliphatic heterocycles. The van der Waals surface area contributed by atoms with Crippen LogP contribution in [0.1, 0.15) is 31.9 Å². The predicted octanol–water partition coefficient (Wildman–Crippen LogP) is 1.24. The third-order valence-corrected chi connectivity index (χ3v) is 2.73. The predicted molar refractivity (Wildman–Crippen MR) is 56.4 cm³/mol. The van der Waals surface area contributed by atoms with Crippen LogP contribution in [0.3, 0.4) is 0 Å². The maximum Gasteiger partial charge on any atom is 0.151 e. The van der Waals surface area contributed by atoms with E-state index in [1.807, 2.05) is 4.68 Å². The SMILES string of the molecule is CC(C)Cc1nc2n(n1)CCC(C=O)C2. The highest BCUT2D eigenvalue weighted by Crippen LogP contribution is 2.17. The van der Waals surface area contributed by atoms with Crippen LogP contribution in [0.25, 0.3) is 0 Å². The fraction of sp³-hybridized carbons (Fsp3) is 0.727. The van der Waals surface area contributed by atoms with Gasteiger partial charge in [0.05, 0.1) is 0 Å². The van der Waals surface area contributed by atoms with Crippen LogP contribution in [-0.4, -0.2) is 21.1 Å². The standard InChI is InChI=1S/C11H17N3O/c1-8(2)5-10-12-11-6-9(7-15)3-4-14(11)13-10/h7-9H,3-6H2,1-2H3. The van der Waals surface area contributed by atoms with Gasteiger partial charge in [-0.25, -0.2) is 9.67 Å². The van der Waals surface area contributed by atoms with Gasteiger partial charge in [0.25, 0.3) is 0 Å². The Labute approximate surface area is 89.7 Å². The summed E-state index contributed by atoms with van der Waals surface area (Å²) in [4.78, 5) is 15.2.